The van der Waals surface area contributed by atoms with Gasteiger partial charge in [0.05, 0.1) is 11.7 Å². The molecule has 1 saturated carbocycles. The van der Waals surface area contributed by atoms with Crippen molar-refractivity contribution in [3.8, 4) is 0 Å². The van der Waals surface area contributed by atoms with Gasteiger partial charge in [-0.3, -0.25) is 9.89 Å². The molecule has 3 N–H and O–H groups in total. The number of nitrogens with zero attached hydrogens (tertiary/aromatic N) is 1. The standard InChI is InChI=1S/C15H18N4O/c1-10(14-8-9-16-19-14)17-12-4-6-13(7-5-12)18-15(20)11-2-3-11/h4-11,17H,2-3H2,1H3,(H,16,19)(H,18,20). The minimum Gasteiger partial charge on any atom is -0.377 e. The molecule has 1 aliphatic carbocycles. The van der Waals surface area contributed by atoms with Crippen molar-refractivity contribution in [2.45, 2.75) is 25.8 Å². The van der Waals surface area contributed by atoms with E-state index in [-0.39, 0.29) is 17.9 Å². The number of aromatic amines is 1. The van der Waals surface area contributed by atoms with Crippen LogP contribution >= 0.6 is 0 Å². The number of anilines is 2. The third kappa shape index (κ3) is 2.99. The molecule has 0 bridgehead atoms. The van der Waals surface area contributed by atoms with Crippen LogP contribution in [0, 0.1) is 5.92 Å². The van der Waals surface area contributed by atoms with Crippen LogP contribution in [0.3, 0.4) is 0 Å². The van der Waals surface area contributed by atoms with Crippen molar-refractivity contribution in [1.29, 1.82) is 0 Å². The summed E-state index contributed by atoms with van der Waals surface area (Å²) in [5.41, 5.74) is 2.90. The summed E-state index contributed by atoms with van der Waals surface area (Å²) in [6.07, 6.45) is 3.78. The summed E-state index contributed by atoms with van der Waals surface area (Å²) in [6.45, 7) is 2.07. The highest BCUT2D eigenvalue weighted by molar-refractivity contribution is 5.94. The van der Waals surface area contributed by atoms with Crippen LogP contribution in [0.25, 0.3) is 0 Å². The highest BCUT2D eigenvalue weighted by Gasteiger charge is 2.29. The maximum Gasteiger partial charge on any atom is 0.227 e. The molecule has 1 atom stereocenters. The fraction of sp³-hybridized carbons (Fsp3) is 0.333. The van der Waals surface area contributed by atoms with Gasteiger partial charge in [0.2, 0.25) is 5.91 Å². The molecule has 5 heteroatoms. The van der Waals surface area contributed by atoms with Gasteiger partial charge in [-0.15, -0.1) is 0 Å². The number of H-pyrrole nitrogens is 1. The lowest BCUT2D eigenvalue weighted by atomic mass is 10.2. The fourth-order valence-corrected chi connectivity index (χ4v) is 2.08. The number of hydrogen-bond acceptors (Lipinski definition) is 3. The lowest BCUT2D eigenvalue weighted by molar-refractivity contribution is -0.117. The Hall–Kier alpha value is -2.30. The summed E-state index contributed by atoms with van der Waals surface area (Å²) in [4.78, 5) is 11.7. The van der Waals surface area contributed by atoms with E-state index >= 15 is 0 Å². The molecule has 1 heterocycles. The van der Waals surface area contributed by atoms with Gasteiger partial charge in [0, 0.05) is 23.5 Å². The Balaban J connectivity index is 1.59. The number of rotatable bonds is 5. The van der Waals surface area contributed by atoms with Crippen molar-refractivity contribution in [2.24, 2.45) is 5.92 Å². The highest BCUT2D eigenvalue weighted by Crippen LogP contribution is 2.30. The van der Waals surface area contributed by atoms with Crippen molar-refractivity contribution in [2.75, 3.05) is 10.6 Å². The number of amides is 1. The van der Waals surface area contributed by atoms with Crippen LogP contribution < -0.4 is 10.6 Å². The van der Waals surface area contributed by atoms with Crippen molar-refractivity contribution >= 4 is 17.3 Å². The normalized spacial score (nSPS) is 15.7. The van der Waals surface area contributed by atoms with Gasteiger partial charge in [-0.05, 0) is 50.1 Å². The summed E-state index contributed by atoms with van der Waals surface area (Å²) in [6, 6.07) is 9.88. The number of benzene rings is 1. The number of aromatic nitrogens is 2. The Kier molecular flexibility index (Phi) is 3.41. The zero-order valence-electron chi connectivity index (χ0n) is 11.4. The zero-order chi connectivity index (χ0) is 13.9. The van der Waals surface area contributed by atoms with Gasteiger partial charge in [-0.25, -0.2) is 0 Å². The van der Waals surface area contributed by atoms with E-state index in [4.69, 9.17) is 0 Å². The molecule has 0 spiro atoms. The zero-order valence-corrected chi connectivity index (χ0v) is 11.4. The van der Waals surface area contributed by atoms with Crippen molar-refractivity contribution in [1.82, 2.24) is 10.2 Å². The average Bonchev–Trinajstić information content (AvgIpc) is 3.16. The fourth-order valence-electron chi connectivity index (χ4n) is 2.08. The SMILES string of the molecule is CC(Nc1ccc(NC(=O)C2CC2)cc1)c1ccn[nH]1. The van der Waals surface area contributed by atoms with E-state index in [1.165, 1.54) is 0 Å². The molecule has 1 amide bonds. The van der Waals surface area contributed by atoms with E-state index in [1.54, 1.807) is 6.20 Å². The van der Waals surface area contributed by atoms with E-state index in [1.807, 2.05) is 30.3 Å². The maximum absolute atomic E-state index is 11.7. The first kappa shape index (κ1) is 12.7. The highest BCUT2D eigenvalue weighted by atomic mass is 16.2. The Morgan fingerprint density at radius 1 is 1.25 bits per heavy atom. The van der Waals surface area contributed by atoms with E-state index in [9.17, 15) is 4.79 Å². The van der Waals surface area contributed by atoms with Gasteiger partial charge in [0.25, 0.3) is 0 Å². The molecule has 20 heavy (non-hydrogen) atoms. The second-order valence-corrected chi connectivity index (χ2v) is 5.22. The molecule has 2 aromatic rings. The summed E-state index contributed by atoms with van der Waals surface area (Å²) >= 11 is 0. The average molecular weight is 270 g/mol. The summed E-state index contributed by atoms with van der Waals surface area (Å²) in [5, 5.41) is 13.2. The molecule has 0 radical (unpaired) electrons. The van der Waals surface area contributed by atoms with E-state index in [0.29, 0.717) is 0 Å². The van der Waals surface area contributed by atoms with E-state index in [0.717, 1.165) is 29.9 Å². The predicted octanol–water partition coefficient (Wildman–Crippen LogP) is 2.93. The minimum absolute atomic E-state index is 0.136. The molecule has 3 rings (SSSR count). The first-order valence-electron chi connectivity index (χ1n) is 6.89. The van der Waals surface area contributed by atoms with Crippen LogP contribution in [0.2, 0.25) is 0 Å². The van der Waals surface area contributed by atoms with Gasteiger partial charge in [0.15, 0.2) is 0 Å². The first-order chi connectivity index (χ1) is 9.72. The van der Waals surface area contributed by atoms with Gasteiger partial charge in [-0.2, -0.15) is 5.10 Å². The molecule has 0 aliphatic heterocycles. The third-order valence-electron chi connectivity index (χ3n) is 3.47. The smallest absolute Gasteiger partial charge is 0.227 e. The maximum atomic E-state index is 11.7. The number of carbonyl (C=O) groups excluding carboxylic acids is 1. The van der Waals surface area contributed by atoms with Crippen LogP contribution in [0.4, 0.5) is 11.4 Å². The van der Waals surface area contributed by atoms with Gasteiger partial charge < -0.3 is 10.6 Å². The predicted molar refractivity (Wildman–Crippen MR) is 78.4 cm³/mol. The Morgan fingerprint density at radius 2 is 1.95 bits per heavy atom. The summed E-state index contributed by atoms with van der Waals surface area (Å²) in [5.74, 6) is 0.365. The Bertz CT molecular complexity index is 572. The van der Waals surface area contributed by atoms with Crippen LogP contribution in [-0.4, -0.2) is 16.1 Å². The van der Waals surface area contributed by atoms with Crippen molar-refractivity contribution in [3.63, 3.8) is 0 Å². The largest absolute Gasteiger partial charge is 0.377 e. The lowest BCUT2D eigenvalue weighted by Gasteiger charge is -2.14. The van der Waals surface area contributed by atoms with Crippen LogP contribution in [0.5, 0.6) is 0 Å². The quantitative estimate of drug-likeness (QED) is 0.782. The topological polar surface area (TPSA) is 69.8 Å². The van der Waals surface area contributed by atoms with Crippen molar-refractivity contribution < 1.29 is 4.79 Å². The molecule has 1 fully saturated rings. The lowest BCUT2D eigenvalue weighted by Crippen LogP contribution is -2.13. The molecule has 0 saturated heterocycles. The summed E-state index contributed by atoms with van der Waals surface area (Å²) in [7, 11) is 0. The van der Waals surface area contributed by atoms with Crippen molar-refractivity contribution in [3.05, 3.63) is 42.2 Å². The Labute approximate surface area is 117 Å². The second kappa shape index (κ2) is 5.36. The Morgan fingerprint density at radius 3 is 2.55 bits per heavy atom. The molecular formula is C15H18N4O. The molecule has 1 aromatic carbocycles. The number of carbonyl (C=O) groups is 1. The molecule has 5 nitrogen and oxygen atoms in total. The molecule has 104 valence electrons. The molecule has 1 aliphatic rings. The molecular weight excluding hydrogens is 252 g/mol. The third-order valence-corrected chi connectivity index (χ3v) is 3.47. The molecule has 1 unspecified atom stereocenters. The van der Waals surface area contributed by atoms with E-state index in [2.05, 4.69) is 27.8 Å². The van der Waals surface area contributed by atoms with Gasteiger partial charge in [-0.1, -0.05) is 0 Å². The first-order valence-corrected chi connectivity index (χ1v) is 6.89. The van der Waals surface area contributed by atoms with Crippen LogP contribution in [0.15, 0.2) is 36.5 Å². The number of nitrogens with one attached hydrogen (secondary N) is 3. The minimum atomic E-state index is 0.136. The van der Waals surface area contributed by atoms with Gasteiger partial charge >= 0.3 is 0 Å². The second-order valence-electron chi connectivity index (χ2n) is 5.22. The van der Waals surface area contributed by atoms with Crippen LogP contribution in [-0.2, 0) is 4.79 Å². The van der Waals surface area contributed by atoms with Gasteiger partial charge in [0.1, 0.15) is 0 Å². The summed E-state index contributed by atoms with van der Waals surface area (Å²) < 4.78 is 0. The van der Waals surface area contributed by atoms with Crippen LogP contribution in [0.1, 0.15) is 31.5 Å². The monoisotopic (exact) mass is 270 g/mol. The number of hydrogen-bond donors (Lipinski definition) is 3. The molecule has 1 aromatic heterocycles. The van der Waals surface area contributed by atoms with E-state index < -0.39 is 0 Å².